The molecule has 2 heterocycles. The normalized spacial score (nSPS) is 12.2. The highest BCUT2D eigenvalue weighted by Crippen LogP contribution is 2.17. The van der Waals surface area contributed by atoms with E-state index in [1.54, 1.807) is 25.2 Å². The summed E-state index contributed by atoms with van der Waals surface area (Å²) < 4.78 is 2.03. The van der Waals surface area contributed by atoms with E-state index in [1.807, 2.05) is 22.9 Å². The van der Waals surface area contributed by atoms with Crippen molar-refractivity contribution in [3.05, 3.63) is 23.0 Å². The first-order valence-corrected chi connectivity index (χ1v) is 6.26. The second kappa shape index (κ2) is 4.12. The second-order valence-electron chi connectivity index (χ2n) is 4.54. The lowest BCUT2D eigenvalue weighted by Gasteiger charge is -2.22. The van der Waals surface area contributed by atoms with Gasteiger partial charge in [0.1, 0.15) is 0 Å². The molecule has 0 bridgehead atoms. The number of fused-ring (bicyclic) bond motifs is 1. The highest BCUT2D eigenvalue weighted by Gasteiger charge is 2.24. The van der Waals surface area contributed by atoms with Gasteiger partial charge >= 0.3 is 0 Å². The maximum Gasteiger partial charge on any atom is 0.237 e. The number of nitrogens with two attached hydrogens (primary N) is 1. The number of hydrogen-bond donors (Lipinski definition) is 2. The smallest absolute Gasteiger partial charge is 0.237 e. The van der Waals surface area contributed by atoms with E-state index >= 15 is 0 Å². The number of primary amides is 1. The van der Waals surface area contributed by atoms with Crippen LogP contribution in [-0.4, -0.2) is 20.8 Å². The molecule has 0 aliphatic carbocycles. The predicted octanol–water partition coefficient (Wildman–Crippen LogP) is 1.06. The molecule has 0 atom stereocenters. The Bertz CT molecular complexity index is 555. The van der Waals surface area contributed by atoms with Gasteiger partial charge in [0.05, 0.1) is 16.9 Å². The topological polar surface area (TPSA) is 72.4 Å². The molecule has 3 N–H and O–H groups in total. The molecule has 0 saturated carbocycles. The van der Waals surface area contributed by atoms with Gasteiger partial charge in [0.25, 0.3) is 0 Å². The van der Waals surface area contributed by atoms with E-state index in [0.717, 1.165) is 16.3 Å². The van der Waals surface area contributed by atoms with Crippen LogP contribution >= 0.6 is 11.3 Å². The van der Waals surface area contributed by atoms with Crippen molar-refractivity contribution in [2.45, 2.75) is 32.9 Å². The average molecular weight is 252 g/mol. The van der Waals surface area contributed by atoms with E-state index in [4.69, 9.17) is 5.73 Å². The number of carbonyl (C=O) groups is 1. The fourth-order valence-corrected chi connectivity index (χ4v) is 2.32. The zero-order valence-corrected chi connectivity index (χ0v) is 11.0. The molecule has 0 unspecified atom stereocenters. The van der Waals surface area contributed by atoms with Crippen molar-refractivity contribution in [3.8, 4) is 0 Å². The second-order valence-corrected chi connectivity index (χ2v) is 5.42. The number of nitrogens with zero attached hydrogens (tertiary/aromatic N) is 2. The fraction of sp³-hybridized carbons (Fsp3) is 0.455. The monoisotopic (exact) mass is 252 g/mol. The van der Waals surface area contributed by atoms with Gasteiger partial charge < -0.3 is 5.73 Å². The number of aromatic nitrogens is 2. The zero-order chi connectivity index (χ0) is 12.6. The minimum atomic E-state index is -0.716. The third kappa shape index (κ3) is 2.18. The number of carbonyl (C=O) groups excluding carboxylic acids is 1. The van der Waals surface area contributed by atoms with Crippen LogP contribution in [0.2, 0.25) is 0 Å². The van der Waals surface area contributed by atoms with Crippen LogP contribution in [-0.2, 0) is 11.3 Å². The summed E-state index contributed by atoms with van der Waals surface area (Å²) in [4.78, 5) is 16.6. The zero-order valence-electron chi connectivity index (χ0n) is 10.2. The lowest BCUT2D eigenvalue weighted by molar-refractivity contribution is -0.123. The molecule has 0 radical (unpaired) electrons. The number of rotatable bonds is 4. The molecule has 0 aliphatic rings. The summed E-state index contributed by atoms with van der Waals surface area (Å²) in [5, 5.41) is 5.14. The van der Waals surface area contributed by atoms with Crippen LogP contribution in [0.25, 0.3) is 4.96 Å². The Labute approximate surface area is 104 Å². The van der Waals surface area contributed by atoms with Crippen LogP contribution in [0.3, 0.4) is 0 Å². The Balaban J connectivity index is 2.21. The third-order valence-electron chi connectivity index (χ3n) is 2.88. The number of aryl methyl sites for hydroxylation is 1. The Morgan fingerprint density at radius 3 is 3.00 bits per heavy atom. The molecule has 6 heteroatoms. The van der Waals surface area contributed by atoms with Crippen LogP contribution in [0.15, 0.2) is 11.6 Å². The van der Waals surface area contributed by atoms with E-state index in [2.05, 4.69) is 10.3 Å². The van der Waals surface area contributed by atoms with Crippen LogP contribution in [0.4, 0.5) is 0 Å². The molecule has 0 spiro atoms. The fourth-order valence-electron chi connectivity index (χ4n) is 1.55. The van der Waals surface area contributed by atoms with Gasteiger partial charge in [-0.05, 0) is 20.8 Å². The summed E-state index contributed by atoms with van der Waals surface area (Å²) in [6.07, 6.45) is 1.98. The van der Waals surface area contributed by atoms with Gasteiger partial charge in [-0.2, -0.15) is 0 Å². The van der Waals surface area contributed by atoms with Gasteiger partial charge in [0, 0.05) is 18.1 Å². The Hall–Kier alpha value is -1.40. The third-order valence-corrected chi connectivity index (χ3v) is 3.63. The van der Waals surface area contributed by atoms with Gasteiger partial charge in [-0.25, -0.2) is 4.98 Å². The van der Waals surface area contributed by atoms with Crippen molar-refractivity contribution in [2.75, 3.05) is 0 Å². The van der Waals surface area contributed by atoms with E-state index in [-0.39, 0.29) is 5.91 Å². The van der Waals surface area contributed by atoms with E-state index < -0.39 is 5.54 Å². The van der Waals surface area contributed by atoms with Crippen molar-refractivity contribution in [2.24, 2.45) is 5.73 Å². The molecule has 0 aliphatic heterocycles. The molecule has 2 aromatic heterocycles. The average Bonchev–Trinajstić information content (AvgIpc) is 2.75. The molecule has 92 valence electrons. The SMILES string of the molecule is Cc1nc2sccn2c1CNC(C)(C)C(N)=O. The first-order chi connectivity index (χ1) is 7.92. The Kier molecular flexibility index (Phi) is 2.92. The Morgan fingerprint density at radius 2 is 2.35 bits per heavy atom. The molecule has 0 saturated heterocycles. The number of imidazole rings is 1. The lowest BCUT2D eigenvalue weighted by atomic mass is 10.1. The van der Waals surface area contributed by atoms with Gasteiger partial charge in [0.2, 0.25) is 5.91 Å². The Morgan fingerprint density at radius 1 is 1.65 bits per heavy atom. The number of amides is 1. The van der Waals surface area contributed by atoms with E-state index in [0.29, 0.717) is 6.54 Å². The van der Waals surface area contributed by atoms with E-state index in [1.165, 1.54) is 0 Å². The quantitative estimate of drug-likeness (QED) is 0.854. The van der Waals surface area contributed by atoms with Crippen LogP contribution in [0.5, 0.6) is 0 Å². The summed E-state index contributed by atoms with van der Waals surface area (Å²) in [5.41, 5.74) is 6.64. The van der Waals surface area contributed by atoms with Gasteiger partial charge in [-0.1, -0.05) is 0 Å². The number of thiazole rings is 1. The lowest BCUT2D eigenvalue weighted by Crippen LogP contribution is -2.50. The highest BCUT2D eigenvalue weighted by molar-refractivity contribution is 7.15. The maximum atomic E-state index is 11.2. The maximum absolute atomic E-state index is 11.2. The molecule has 5 nitrogen and oxygen atoms in total. The van der Waals surface area contributed by atoms with Crippen LogP contribution in [0.1, 0.15) is 25.2 Å². The standard InChI is InChI=1S/C11H16N4OS/c1-7-8(6-13-11(2,3)9(12)16)15-4-5-17-10(15)14-7/h4-5,13H,6H2,1-3H3,(H2,12,16). The minimum Gasteiger partial charge on any atom is -0.368 e. The molecule has 2 rings (SSSR count). The summed E-state index contributed by atoms with van der Waals surface area (Å²) in [7, 11) is 0. The molecule has 0 fully saturated rings. The first kappa shape index (κ1) is 12.1. The van der Waals surface area contributed by atoms with Crippen molar-refractivity contribution in [1.82, 2.24) is 14.7 Å². The highest BCUT2D eigenvalue weighted by atomic mass is 32.1. The van der Waals surface area contributed by atoms with Crippen molar-refractivity contribution >= 4 is 22.2 Å². The van der Waals surface area contributed by atoms with Gasteiger partial charge in [0.15, 0.2) is 4.96 Å². The molecular formula is C11H16N4OS. The van der Waals surface area contributed by atoms with Crippen LogP contribution < -0.4 is 11.1 Å². The molecular weight excluding hydrogens is 236 g/mol. The van der Waals surface area contributed by atoms with Gasteiger partial charge in [-0.3, -0.25) is 14.5 Å². The molecule has 2 aromatic rings. The summed E-state index contributed by atoms with van der Waals surface area (Å²) >= 11 is 1.59. The molecule has 0 aromatic carbocycles. The van der Waals surface area contributed by atoms with Gasteiger partial charge in [-0.15, -0.1) is 11.3 Å². The van der Waals surface area contributed by atoms with Crippen LogP contribution in [0, 0.1) is 6.92 Å². The minimum absolute atomic E-state index is 0.360. The summed E-state index contributed by atoms with van der Waals surface area (Å²) in [6.45, 7) is 6.08. The molecule has 17 heavy (non-hydrogen) atoms. The van der Waals surface area contributed by atoms with Crippen molar-refractivity contribution in [1.29, 1.82) is 0 Å². The summed E-state index contributed by atoms with van der Waals surface area (Å²) in [6, 6.07) is 0. The largest absolute Gasteiger partial charge is 0.368 e. The predicted molar refractivity (Wildman–Crippen MR) is 67.9 cm³/mol. The number of nitrogens with one attached hydrogen (secondary N) is 1. The number of hydrogen-bond acceptors (Lipinski definition) is 4. The summed E-state index contributed by atoms with van der Waals surface area (Å²) in [5.74, 6) is -0.360. The first-order valence-electron chi connectivity index (χ1n) is 5.38. The van der Waals surface area contributed by atoms with E-state index in [9.17, 15) is 4.79 Å². The van der Waals surface area contributed by atoms with Crippen molar-refractivity contribution in [3.63, 3.8) is 0 Å². The molecule has 1 amide bonds. The van der Waals surface area contributed by atoms with Crippen molar-refractivity contribution < 1.29 is 4.79 Å².